The van der Waals surface area contributed by atoms with Gasteiger partial charge >= 0.3 is 0 Å². The van der Waals surface area contributed by atoms with Gasteiger partial charge in [-0.05, 0) is 44.0 Å². The molecule has 0 heterocycles. The minimum atomic E-state index is 0.997. The quantitative estimate of drug-likeness (QED) is 0.400. The van der Waals surface area contributed by atoms with Crippen molar-refractivity contribution >= 4 is 17.4 Å². The molecule has 0 atom stereocenters. The zero-order valence-corrected chi connectivity index (χ0v) is 6.00. The van der Waals surface area contributed by atoms with Gasteiger partial charge in [-0.2, -0.15) is 4.99 Å². The van der Waals surface area contributed by atoms with Gasteiger partial charge in [0.2, 0.25) is 0 Å². The Labute approximate surface area is 60.5 Å². The molecule has 0 aliphatic heterocycles. The Morgan fingerprint density at radius 3 is 3.00 bits per heavy atom. The van der Waals surface area contributed by atoms with Crippen LogP contribution in [-0.2, 0) is 0 Å². The molecule has 0 saturated carbocycles. The van der Waals surface area contributed by atoms with Crippen LogP contribution in [-0.4, -0.2) is 5.16 Å². The van der Waals surface area contributed by atoms with Crippen LogP contribution in [0.1, 0.15) is 25.7 Å². The van der Waals surface area contributed by atoms with E-state index < -0.39 is 0 Å². The topological polar surface area (TPSA) is 12.4 Å². The standard InChI is InChI=1S/C7H8NS/c9-6-8-7-4-2-1-3-5-7/h1-4H2. The zero-order chi connectivity index (χ0) is 6.53. The highest BCUT2D eigenvalue weighted by Gasteiger charge is 2.00. The average molecular weight is 138 g/mol. The van der Waals surface area contributed by atoms with E-state index in [9.17, 15) is 0 Å². The molecule has 0 bridgehead atoms. The number of hydrogen-bond acceptors (Lipinski definition) is 2. The zero-order valence-electron chi connectivity index (χ0n) is 5.18. The van der Waals surface area contributed by atoms with E-state index in [1.165, 1.54) is 12.8 Å². The van der Waals surface area contributed by atoms with Gasteiger partial charge in [0, 0.05) is 0 Å². The van der Waals surface area contributed by atoms with E-state index in [0.29, 0.717) is 0 Å². The molecule has 0 spiro atoms. The van der Waals surface area contributed by atoms with Gasteiger partial charge in [0.15, 0.2) is 0 Å². The summed E-state index contributed by atoms with van der Waals surface area (Å²) in [6.45, 7) is 0. The first kappa shape index (κ1) is 6.66. The summed E-state index contributed by atoms with van der Waals surface area (Å²) in [5.41, 5.74) is 0.997. The summed E-state index contributed by atoms with van der Waals surface area (Å²) >= 11 is 4.46. The van der Waals surface area contributed by atoms with E-state index in [2.05, 4.69) is 28.4 Å². The van der Waals surface area contributed by atoms with E-state index in [1.807, 2.05) is 0 Å². The maximum absolute atomic E-state index is 4.46. The largest absolute Gasteiger partial charge is 0.199 e. The monoisotopic (exact) mass is 138 g/mol. The molecule has 47 valence electrons. The molecule has 0 aromatic heterocycles. The summed E-state index contributed by atoms with van der Waals surface area (Å²) in [6, 6.07) is 0. The number of aliphatic imine (C=N–C) groups is 1. The molecular formula is C7H8NS. The molecule has 1 radical (unpaired) electrons. The van der Waals surface area contributed by atoms with Gasteiger partial charge in [-0.25, -0.2) is 0 Å². The maximum Gasteiger partial charge on any atom is 0.0637 e. The van der Waals surface area contributed by atoms with Crippen LogP contribution in [0.5, 0.6) is 0 Å². The Morgan fingerprint density at radius 2 is 2.44 bits per heavy atom. The molecule has 0 fully saturated rings. The molecule has 0 unspecified atom stereocenters. The van der Waals surface area contributed by atoms with Crippen molar-refractivity contribution in [2.75, 3.05) is 0 Å². The third kappa shape index (κ3) is 2.08. The maximum atomic E-state index is 4.46. The third-order valence-electron chi connectivity index (χ3n) is 1.35. The van der Waals surface area contributed by atoms with Crippen molar-refractivity contribution in [3.05, 3.63) is 11.8 Å². The first-order valence-corrected chi connectivity index (χ1v) is 3.52. The first-order chi connectivity index (χ1) is 4.43. The van der Waals surface area contributed by atoms with Crippen LogP contribution in [0.15, 0.2) is 10.7 Å². The summed E-state index contributed by atoms with van der Waals surface area (Å²) in [5, 5.41) is 2.35. The predicted octanol–water partition coefficient (Wildman–Crippen LogP) is 2.35. The molecule has 0 N–H and O–H groups in total. The molecular weight excluding hydrogens is 130 g/mol. The molecule has 0 aromatic carbocycles. The lowest BCUT2D eigenvalue weighted by Crippen LogP contribution is -1.88. The number of rotatable bonds is 1. The molecule has 1 nitrogen and oxygen atoms in total. The van der Waals surface area contributed by atoms with Crippen LogP contribution in [0, 0.1) is 6.08 Å². The second-order valence-corrected chi connectivity index (χ2v) is 2.22. The Morgan fingerprint density at radius 1 is 1.56 bits per heavy atom. The molecule has 1 aliphatic carbocycles. The van der Waals surface area contributed by atoms with Crippen molar-refractivity contribution in [2.45, 2.75) is 25.7 Å². The van der Waals surface area contributed by atoms with Crippen molar-refractivity contribution in [3.8, 4) is 0 Å². The van der Waals surface area contributed by atoms with Crippen molar-refractivity contribution in [1.82, 2.24) is 0 Å². The normalized spacial score (nSPS) is 18.0. The van der Waals surface area contributed by atoms with Crippen LogP contribution in [0.4, 0.5) is 0 Å². The third-order valence-corrected chi connectivity index (χ3v) is 1.44. The lowest BCUT2D eigenvalue weighted by molar-refractivity contribution is 0.684. The highest BCUT2D eigenvalue weighted by atomic mass is 32.1. The van der Waals surface area contributed by atoms with Crippen molar-refractivity contribution < 1.29 is 0 Å². The van der Waals surface area contributed by atoms with Gasteiger partial charge < -0.3 is 0 Å². The number of allylic oxidation sites excluding steroid dienone is 2. The Hall–Kier alpha value is -0.460. The van der Waals surface area contributed by atoms with Crippen LogP contribution < -0.4 is 0 Å². The lowest BCUT2D eigenvalue weighted by atomic mass is 10.1. The number of nitrogens with zero attached hydrogens (tertiary/aromatic N) is 1. The van der Waals surface area contributed by atoms with Gasteiger partial charge in [-0.3, -0.25) is 0 Å². The van der Waals surface area contributed by atoms with E-state index in [-0.39, 0.29) is 0 Å². The summed E-state index contributed by atoms with van der Waals surface area (Å²) in [5.74, 6) is 0. The highest BCUT2D eigenvalue weighted by Crippen LogP contribution is 2.16. The minimum Gasteiger partial charge on any atom is -0.199 e. The van der Waals surface area contributed by atoms with Crippen LogP contribution in [0.2, 0.25) is 0 Å². The average Bonchev–Trinajstić information content (AvgIpc) is 1.91. The van der Waals surface area contributed by atoms with Gasteiger partial charge in [-0.15, -0.1) is 0 Å². The molecule has 0 saturated heterocycles. The Balaban J connectivity index is 2.56. The molecule has 1 rings (SSSR count). The molecule has 9 heavy (non-hydrogen) atoms. The molecule has 0 aromatic rings. The fourth-order valence-electron chi connectivity index (χ4n) is 0.889. The van der Waals surface area contributed by atoms with Crippen molar-refractivity contribution in [3.63, 3.8) is 0 Å². The summed E-state index contributed by atoms with van der Waals surface area (Å²) < 4.78 is 0. The van der Waals surface area contributed by atoms with E-state index in [1.54, 1.807) is 0 Å². The fraction of sp³-hybridized carbons (Fsp3) is 0.571. The molecule has 2 heteroatoms. The minimum absolute atomic E-state index is 0.997. The summed E-state index contributed by atoms with van der Waals surface area (Å²) in [7, 11) is 0. The van der Waals surface area contributed by atoms with Crippen LogP contribution in [0.25, 0.3) is 0 Å². The van der Waals surface area contributed by atoms with Gasteiger partial charge in [0.25, 0.3) is 0 Å². The Bertz CT molecular complexity index is 166. The lowest BCUT2D eigenvalue weighted by Gasteiger charge is -2.04. The number of thiocarbonyl (C=S) groups is 1. The van der Waals surface area contributed by atoms with E-state index in [0.717, 1.165) is 18.5 Å². The number of isothiocyanates is 1. The van der Waals surface area contributed by atoms with Gasteiger partial charge in [0.05, 0.1) is 10.9 Å². The summed E-state index contributed by atoms with van der Waals surface area (Å²) in [4.78, 5) is 3.85. The van der Waals surface area contributed by atoms with Gasteiger partial charge in [0.1, 0.15) is 0 Å². The SMILES string of the molecule is S=C=NC1=[C]CCCC1. The van der Waals surface area contributed by atoms with E-state index >= 15 is 0 Å². The van der Waals surface area contributed by atoms with Crippen LogP contribution in [0.3, 0.4) is 0 Å². The van der Waals surface area contributed by atoms with Gasteiger partial charge in [-0.1, -0.05) is 0 Å². The fourth-order valence-corrected chi connectivity index (χ4v) is 0.999. The predicted molar refractivity (Wildman–Crippen MR) is 40.3 cm³/mol. The first-order valence-electron chi connectivity index (χ1n) is 3.11. The second-order valence-electron chi connectivity index (χ2n) is 2.03. The number of hydrogen-bond donors (Lipinski definition) is 0. The van der Waals surface area contributed by atoms with Crippen molar-refractivity contribution in [2.24, 2.45) is 4.99 Å². The smallest absolute Gasteiger partial charge is 0.0637 e. The molecule has 0 amide bonds. The molecule has 1 aliphatic rings. The summed E-state index contributed by atoms with van der Waals surface area (Å²) in [6.07, 6.45) is 7.68. The van der Waals surface area contributed by atoms with Crippen molar-refractivity contribution in [1.29, 1.82) is 0 Å². The van der Waals surface area contributed by atoms with E-state index in [4.69, 9.17) is 0 Å². The Kier molecular flexibility index (Phi) is 2.62. The van der Waals surface area contributed by atoms with Crippen LogP contribution >= 0.6 is 12.2 Å². The highest BCUT2D eigenvalue weighted by molar-refractivity contribution is 7.78. The second kappa shape index (κ2) is 3.54.